The van der Waals surface area contributed by atoms with Gasteiger partial charge < -0.3 is 20.7 Å². The fourth-order valence-corrected chi connectivity index (χ4v) is 1.98. The van der Waals surface area contributed by atoms with E-state index in [4.69, 9.17) is 20.7 Å². The third kappa shape index (κ3) is 5.66. The number of aryl methyl sites for hydroxylation is 1. The van der Waals surface area contributed by atoms with E-state index >= 15 is 0 Å². The van der Waals surface area contributed by atoms with Crippen LogP contribution in [0.25, 0.3) is 0 Å². The van der Waals surface area contributed by atoms with Crippen molar-refractivity contribution in [3.8, 4) is 0 Å². The molecule has 1 aromatic rings. The van der Waals surface area contributed by atoms with Crippen LogP contribution in [-0.4, -0.2) is 39.3 Å². The van der Waals surface area contributed by atoms with Crippen molar-refractivity contribution in [1.82, 2.24) is 0 Å². The molecule has 132 valence electrons. The Hall–Kier alpha value is -2.41. The van der Waals surface area contributed by atoms with Crippen LogP contribution in [0.15, 0.2) is 18.2 Å². The number of esters is 1. The van der Waals surface area contributed by atoms with Crippen LogP contribution >= 0.6 is 0 Å². The van der Waals surface area contributed by atoms with Gasteiger partial charge in [-0.15, -0.1) is 0 Å². The lowest BCUT2D eigenvalue weighted by Crippen LogP contribution is -2.48. The minimum absolute atomic E-state index is 0.124. The molecule has 7 nitrogen and oxygen atoms in total. The van der Waals surface area contributed by atoms with Gasteiger partial charge in [0, 0.05) is 0 Å². The summed E-state index contributed by atoms with van der Waals surface area (Å²) in [5.74, 6) is -3.01. The minimum atomic E-state index is -1.27. The van der Waals surface area contributed by atoms with Crippen LogP contribution in [0.5, 0.6) is 0 Å². The Morgan fingerprint density at radius 3 is 1.83 bits per heavy atom. The number of hydrogen-bond acceptors (Lipinski definition) is 5. The van der Waals surface area contributed by atoms with Gasteiger partial charge in [0.05, 0.1) is 11.1 Å². The van der Waals surface area contributed by atoms with E-state index in [1.165, 1.54) is 19.1 Å². The SMILES string of the molecule is CC(C)(C)OC(=O)C(C)(N)CCc1cc(C(=O)O)cc(C(=O)O)c1. The van der Waals surface area contributed by atoms with E-state index in [1.807, 2.05) is 0 Å². The molecule has 24 heavy (non-hydrogen) atoms. The highest BCUT2D eigenvalue weighted by Gasteiger charge is 2.33. The van der Waals surface area contributed by atoms with Crippen LogP contribution in [0, 0.1) is 0 Å². The predicted molar refractivity (Wildman–Crippen MR) is 87.1 cm³/mol. The van der Waals surface area contributed by atoms with Crippen LogP contribution in [-0.2, 0) is 16.0 Å². The smallest absolute Gasteiger partial charge is 0.335 e. The molecule has 0 radical (unpaired) electrons. The molecule has 0 aromatic heterocycles. The molecule has 0 aliphatic rings. The summed E-state index contributed by atoms with van der Waals surface area (Å²) in [5, 5.41) is 18.1. The highest BCUT2D eigenvalue weighted by Crippen LogP contribution is 2.19. The molecule has 1 aromatic carbocycles. The van der Waals surface area contributed by atoms with Gasteiger partial charge in [0.2, 0.25) is 0 Å². The maximum absolute atomic E-state index is 12.1. The van der Waals surface area contributed by atoms with E-state index in [9.17, 15) is 14.4 Å². The number of benzene rings is 1. The largest absolute Gasteiger partial charge is 0.478 e. The molecule has 1 rings (SSSR count). The van der Waals surface area contributed by atoms with Gasteiger partial charge in [0.1, 0.15) is 11.1 Å². The molecule has 4 N–H and O–H groups in total. The molecule has 0 fully saturated rings. The highest BCUT2D eigenvalue weighted by molar-refractivity contribution is 5.94. The van der Waals surface area contributed by atoms with Crippen LogP contribution in [0.1, 0.15) is 60.4 Å². The zero-order valence-corrected chi connectivity index (χ0v) is 14.3. The van der Waals surface area contributed by atoms with E-state index in [1.54, 1.807) is 20.8 Å². The van der Waals surface area contributed by atoms with Crippen molar-refractivity contribution in [2.45, 2.75) is 51.7 Å². The number of carbonyl (C=O) groups excluding carboxylic acids is 1. The summed E-state index contributed by atoms with van der Waals surface area (Å²) in [4.78, 5) is 34.3. The van der Waals surface area contributed by atoms with Gasteiger partial charge in [-0.2, -0.15) is 0 Å². The van der Waals surface area contributed by atoms with E-state index in [-0.39, 0.29) is 24.0 Å². The van der Waals surface area contributed by atoms with E-state index < -0.39 is 29.0 Å². The first-order chi connectivity index (χ1) is 10.8. The van der Waals surface area contributed by atoms with E-state index in [0.717, 1.165) is 6.07 Å². The van der Waals surface area contributed by atoms with Crippen LogP contribution < -0.4 is 5.73 Å². The Kier molecular flexibility index (Phi) is 5.73. The highest BCUT2D eigenvalue weighted by atomic mass is 16.6. The van der Waals surface area contributed by atoms with Gasteiger partial charge in [-0.25, -0.2) is 9.59 Å². The molecule has 1 unspecified atom stereocenters. The van der Waals surface area contributed by atoms with Gasteiger partial charge in [0.25, 0.3) is 0 Å². The summed E-state index contributed by atoms with van der Waals surface area (Å²) < 4.78 is 5.26. The zero-order chi connectivity index (χ0) is 18.7. The quantitative estimate of drug-likeness (QED) is 0.678. The number of nitrogens with two attached hydrogens (primary N) is 1. The van der Waals surface area contributed by atoms with Crippen molar-refractivity contribution in [3.05, 3.63) is 34.9 Å². The third-order valence-corrected chi connectivity index (χ3v) is 3.28. The van der Waals surface area contributed by atoms with Crippen molar-refractivity contribution in [3.63, 3.8) is 0 Å². The third-order valence-electron chi connectivity index (χ3n) is 3.28. The molecule has 1 atom stereocenters. The first kappa shape index (κ1) is 19.6. The van der Waals surface area contributed by atoms with Crippen molar-refractivity contribution in [2.75, 3.05) is 0 Å². The molecule has 0 bridgehead atoms. The number of carbonyl (C=O) groups is 3. The summed E-state index contributed by atoms with van der Waals surface area (Å²) in [6, 6.07) is 3.84. The average molecular weight is 337 g/mol. The topological polar surface area (TPSA) is 127 Å². The van der Waals surface area contributed by atoms with Crippen LogP contribution in [0.2, 0.25) is 0 Å². The fraction of sp³-hybridized carbons (Fsp3) is 0.471. The Labute approximate surface area is 140 Å². The summed E-state index contributed by atoms with van der Waals surface area (Å²) in [5.41, 5.74) is 4.30. The number of ether oxygens (including phenoxy) is 1. The lowest BCUT2D eigenvalue weighted by Gasteiger charge is -2.28. The van der Waals surface area contributed by atoms with Crippen LogP contribution in [0.4, 0.5) is 0 Å². The number of carboxylic acid groups (broad SMARTS) is 2. The van der Waals surface area contributed by atoms with Crippen molar-refractivity contribution in [2.24, 2.45) is 5.73 Å². The van der Waals surface area contributed by atoms with Crippen LogP contribution in [0.3, 0.4) is 0 Å². The molecule has 0 spiro atoms. The Morgan fingerprint density at radius 1 is 1.00 bits per heavy atom. The second kappa shape index (κ2) is 7.00. The standard InChI is InChI=1S/C17H23NO6/c1-16(2,3)24-15(23)17(4,18)6-5-10-7-11(13(19)20)9-12(8-10)14(21)22/h7-9H,5-6,18H2,1-4H3,(H,19,20)(H,21,22). The van der Waals surface area contributed by atoms with Crippen molar-refractivity contribution < 1.29 is 29.3 Å². The maximum Gasteiger partial charge on any atom is 0.335 e. The molecule has 0 aliphatic carbocycles. The number of rotatable bonds is 6. The van der Waals surface area contributed by atoms with Crippen molar-refractivity contribution >= 4 is 17.9 Å². The normalized spacial score (nSPS) is 13.9. The number of aromatic carboxylic acids is 2. The first-order valence-corrected chi connectivity index (χ1v) is 7.45. The monoisotopic (exact) mass is 337 g/mol. The second-order valence-corrected chi connectivity index (χ2v) is 6.95. The zero-order valence-electron chi connectivity index (χ0n) is 14.3. The first-order valence-electron chi connectivity index (χ1n) is 7.45. The van der Waals surface area contributed by atoms with Gasteiger partial charge in [-0.3, -0.25) is 4.79 Å². The molecular weight excluding hydrogens is 314 g/mol. The Bertz CT molecular complexity index is 625. The fourth-order valence-electron chi connectivity index (χ4n) is 1.98. The second-order valence-electron chi connectivity index (χ2n) is 6.95. The molecule has 0 amide bonds. The summed E-state index contributed by atoms with van der Waals surface area (Å²) in [6.07, 6.45) is 0.428. The lowest BCUT2D eigenvalue weighted by atomic mass is 9.92. The minimum Gasteiger partial charge on any atom is -0.478 e. The molecule has 0 aliphatic heterocycles. The van der Waals surface area contributed by atoms with Gasteiger partial charge in [-0.1, -0.05) is 0 Å². The Balaban J connectivity index is 2.95. The van der Waals surface area contributed by atoms with Gasteiger partial charge in [0.15, 0.2) is 0 Å². The van der Waals surface area contributed by atoms with Crippen molar-refractivity contribution in [1.29, 1.82) is 0 Å². The Morgan fingerprint density at radius 2 is 1.46 bits per heavy atom. The molecule has 0 saturated heterocycles. The summed E-state index contributed by atoms with van der Waals surface area (Å²) in [7, 11) is 0. The summed E-state index contributed by atoms with van der Waals surface area (Å²) in [6.45, 7) is 6.73. The molecular formula is C17H23NO6. The lowest BCUT2D eigenvalue weighted by molar-refractivity contribution is -0.161. The number of hydrogen-bond donors (Lipinski definition) is 3. The van der Waals surface area contributed by atoms with E-state index in [2.05, 4.69) is 0 Å². The molecule has 7 heteroatoms. The maximum atomic E-state index is 12.1. The molecule has 0 heterocycles. The average Bonchev–Trinajstić information content (AvgIpc) is 2.43. The van der Waals surface area contributed by atoms with E-state index in [0.29, 0.717) is 5.56 Å². The summed E-state index contributed by atoms with van der Waals surface area (Å²) >= 11 is 0. The predicted octanol–water partition coefficient (Wildman–Crippen LogP) is 2.07. The van der Waals surface area contributed by atoms with Gasteiger partial charge in [-0.05, 0) is 64.3 Å². The molecule has 0 saturated carbocycles. The number of carboxylic acids is 2. The van der Waals surface area contributed by atoms with Gasteiger partial charge >= 0.3 is 17.9 Å².